The van der Waals surface area contributed by atoms with Crippen LogP contribution >= 0.6 is 15.9 Å². The molecule has 5 nitrogen and oxygen atoms in total. The van der Waals surface area contributed by atoms with Gasteiger partial charge in [-0.05, 0) is 42.0 Å². The van der Waals surface area contributed by atoms with Gasteiger partial charge in [-0.25, -0.2) is 21.2 Å². The predicted molar refractivity (Wildman–Crippen MR) is 110 cm³/mol. The fraction of sp³-hybridized carbons (Fsp3) is 0.100. The fourth-order valence-corrected chi connectivity index (χ4v) is 7.33. The third kappa shape index (κ3) is 3.63. The first kappa shape index (κ1) is 21.6. The van der Waals surface area contributed by atoms with Crippen molar-refractivity contribution >= 4 is 35.6 Å². The van der Waals surface area contributed by atoms with Crippen LogP contribution in [0.4, 0.5) is 4.39 Å². The van der Waals surface area contributed by atoms with E-state index in [0.29, 0.717) is 4.47 Å². The summed E-state index contributed by atoms with van der Waals surface area (Å²) < 4.78 is 65.9. The van der Waals surface area contributed by atoms with Crippen molar-refractivity contribution in [1.29, 1.82) is 0 Å². The summed E-state index contributed by atoms with van der Waals surface area (Å²) >= 11 is 3.19. The van der Waals surface area contributed by atoms with E-state index in [1.54, 1.807) is 0 Å². The maximum absolute atomic E-state index is 16.5. The van der Waals surface area contributed by atoms with Gasteiger partial charge >= 0.3 is 4.33 Å². The van der Waals surface area contributed by atoms with Crippen LogP contribution in [0.15, 0.2) is 99.2 Å². The Morgan fingerprint density at radius 3 is 1.48 bits per heavy atom. The lowest BCUT2D eigenvalue weighted by Crippen LogP contribution is -2.47. The molecule has 152 valence electrons. The molecule has 0 radical (unpaired) electrons. The Hall–Kier alpha value is -2.07. The van der Waals surface area contributed by atoms with Gasteiger partial charge in [0.15, 0.2) is 0 Å². The van der Waals surface area contributed by atoms with Gasteiger partial charge in [-0.2, -0.15) is 0 Å². The van der Waals surface area contributed by atoms with E-state index in [2.05, 4.69) is 15.9 Å². The number of sulfone groups is 2. The molecule has 0 heterocycles. The summed E-state index contributed by atoms with van der Waals surface area (Å²) in [6.07, 6.45) is -2.49. The third-order valence-corrected chi connectivity index (χ3v) is 9.90. The quantitative estimate of drug-likeness (QED) is 0.553. The first-order chi connectivity index (χ1) is 13.6. The summed E-state index contributed by atoms with van der Waals surface area (Å²) in [5, 5.41) is 10.8. The lowest BCUT2D eigenvalue weighted by Gasteiger charge is -2.30. The second-order valence-electron chi connectivity index (χ2n) is 6.17. The molecule has 0 aliphatic carbocycles. The molecule has 3 aromatic rings. The highest BCUT2D eigenvalue weighted by molar-refractivity contribution is 9.10. The number of aliphatic hydroxyl groups excluding tert-OH is 1. The molecule has 3 rings (SSSR count). The van der Waals surface area contributed by atoms with E-state index in [1.807, 2.05) is 0 Å². The van der Waals surface area contributed by atoms with Crippen molar-refractivity contribution in [2.45, 2.75) is 20.2 Å². The normalized spacial score (nSPS) is 13.8. The summed E-state index contributed by atoms with van der Waals surface area (Å²) in [6.45, 7) is 0. The molecule has 9 heteroatoms. The minimum Gasteiger partial charge on any atom is -0.383 e. The summed E-state index contributed by atoms with van der Waals surface area (Å²) in [4.78, 5) is -1.11. The average molecular weight is 499 g/mol. The zero-order valence-electron chi connectivity index (χ0n) is 14.8. The molecule has 0 aromatic heterocycles. The highest BCUT2D eigenvalue weighted by Gasteiger charge is 2.63. The summed E-state index contributed by atoms with van der Waals surface area (Å²) in [7, 11) is -10.4. The van der Waals surface area contributed by atoms with Crippen LogP contribution in [-0.2, 0) is 19.7 Å². The number of hydrogen-bond acceptors (Lipinski definition) is 5. The maximum Gasteiger partial charge on any atom is 0.346 e. The first-order valence-electron chi connectivity index (χ1n) is 8.34. The van der Waals surface area contributed by atoms with Crippen molar-refractivity contribution in [3.8, 4) is 0 Å². The molecule has 1 unspecified atom stereocenters. The smallest absolute Gasteiger partial charge is 0.346 e. The molecule has 3 aromatic carbocycles. The second kappa shape index (κ2) is 7.98. The van der Waals surface area contributed by atoms with Crippen molar-refractivity contribution in [3.63, 3.8) is 0 Å². The van der Waals surface area contributed by atoms with Crippen LogP contribution in [-0.4, -0.2) is 26.3 Å². The number of rotatable bonds is 6. The molecule has 1 atom stereocenters. The van der Waals surface area contributed by atoms with Gasteiger partial charge in [-0.15, -0.1) is 0 Å². The molecule has 0 saturated heterocycles. The van der Waals surface area contributed by atoms with Crippen molar-refractivity contribution in [1.82, 2.24) is 0 Å². The van der Waals surface area contributed by atoms with Crippen LogP contribution < -0.4 is 0 Å². The summed E-state index contributed by atoms with van der Waals surface area (Å²) in [5.74, 6) is 0. The van der Waals surface area contributed by atoms with Gasteiger partial charge < -0.3 is 5.11 Å². The van der Waals surface area contributed by atoms with Crippen LogP contribution in [0, 0.1) is 0 Å². The number of hydrogen-bond donors (Lipinski definition) is 1. The topological polar surface area (TPSA) is 88.5 Å². The van der Waals surface area contributed by atoms with Crippen LogP contribution in [0.1, 0.15) is 11.7 Å². The minimum atomic E-state index is -5.18. The Morgan fingerprint density at radius 2 is 1.10 bits per heavy atom. The van der Waals surface area contributed by atoms with Gasteiger partial charge in [-0.1, -0.05) is 64.5 Å². The molecule has 0 amide bonds. The lowest BCUT2D eigenvalue weighted by atomic mass is 10.1. The van der Waals surface area contributed by atoms with Gasteiger partial charge in [-0.3, -0.25) is 0 Å². The molecule has 0 bridgehead atoms. The number of aliphatic hydroxyl groups is 1. The summed E-state index contributed by atoms with van der Waals surface area (Å²) in [5.41, 5.74) is -0.199. The molecule has 0 spiro atoms. The van der Waals surface area contributed by atoms with Gasteiger partial charge in [0.1, 0.15) is 6.10 Å². The third-order valence-electron chi connectivity index (χ3n) is 4.35. The molecule has 1 N–H and O–H groups in total. The standard InChI is InChI=1S/C20H16BrFO5S2/c21-16-13-11-15(12-14-16)19(23)20(22,28(24,25)17-7-3-1-4-8-17)29(26,27)18-9-5-2-6-10-18/h1-14,19,23H. The monoisotopic (exact) mass is 498 g/mol. The van der Waals surface area contributed by atoms with Crippen LogP contribution in [0.3, 0.4) is 0 Å². The first-order valence-corrected chi connectivity index (χ1v) is 12.1. The van der Waals surface area contributed by atoms with Gasteiger partial charge in [0.2, 0.25) is 19.7 Å². The molecule has 0 aliphatic heterocycles. The molecular weight excluding hydrogens is 483 g/mol. The molecule has 0 fully saturated rings. The highest BCUT2D eigenvalue weighted by Crippen LogP contribution is 2.45. The van der Waals surface area contributed by atoms with Gasteiger partial charge in [0.05, 0.1) is 9.79 Å². The second-order valence-corrected chi connectivity index (χ2v) is 11.5. The van der Waals surface area contributed by atoms with Crippen LogP contribution in [0.25, 0.3) is 0 Å². The van der Waals surface area contributed by atoms with E-state index in [-0.39, 0.29) is 5.56 Å². The molecule has 29 heavy (non-hydrogen) atoms. The SMILES string of the molecule is O=S(=O)(c1ccccc1)C(F)(C(O)c1ccc(Br)cc1)S(=O)(=O)c1ccccc1. The lowest BCUT2D eigenvalue weighted by molar-refractivity contribution is 0.0943. The highest BCUT2D eigenvalue weighted by atomic mass is 79.9. The zero-order valence-corrected chi connectivity index (χ0v) is 18.0. The van der Waals surface area contributed by atoms with E-state index < -0.39 is 39.9 Å². The Kier molecular flexibility index (Phi) is 5.96. The van der Waals surface area contributed by atoms with Crippen LogP contribution in [0.2, 0.25) is 0 Å². The van der Waals surface area contributed by atoms with E-state index in [9.17, 15) is 21.9 Å². The summed E-state index contributed by atoms with van der Waals surface area (Å²) in [6, 6.07) is 18.1. The van der Waals surface area contributed by atoms with Crippen molar-refractivity contribution in [3.05, 3.63) is 95.0 Å². The predicted octanol–water partition coefficient (Wildman–Crippen LogP) is 4.05. The van der Waals surface area contributed by atoms with E-state index in [4.69, 9.17) is 0 Å². The Morgan fingerprint density at radius 1 is 0.724 bits per heavy atom. The molecular formula is C20H16BrFO5S2. The number of halogens is 2. The van der Waals surface area contributed by atoms with Crippen molar-refractivity contribution in [2.75, 3.05) is 0 Å². The van der Waals surface area contributed by atoms with E-state index in [1.165, 1.54) is 60.7 Å². The average Bonchev–Trinajstić information content (AvgIpc) is 2.74. The number of alkyl halides is 1. The Balaban J connectivity index is 2.31. The van der Waals surface area contributed by atoms with Gasteiger partial charge in [0, 0.05) is 4.47 Å². The number of benzene rings is 3. The van der Waals surface area contributed by atoms with Crippen LogP contribution in [0.5, 0.6) is 0 Å². The maximum atomic E-state index is 16.5. The van der Waals surface area contributed by atoms with Gasteiger partial charge in [0.25, 0.3) is 0 Å². The zero-order chi connectivity index (χ0) is 21.3. The Labute approximate surface area is 176 Å². The van der Waals surface area contributed by atoms with E-state index in [0.717, 1.165) is 24.3 Å². The fourth-order valence-electron chi connectivity index (χ4n) is 2.80. The molecule has 0 aliphatic rings. The Bertz CT molecular complexity index is 1130. The van der Waals surface area contributed by atoms with Crippen molar-refractivity contribution in [2.24, 2.45) is 0 Å². The largest absolute Gasteiger partial charge is 0.383 e. The molecule has 0 saturated carbocycles. The van der Waals surface area contributed by atoms with E-state index >= 15 is 4.39 Å². The minimum absolute atomic E-state index is 0.199. The van der Waals surface area contributed by atoms with Crippen molar-refractivity contribution < 1.29 is 26.3 Å².